The number of nitrogens with one attached hydrogen (secondary N) is 1. The molecule has 1 saturated heterocycles. The Balaban J connectivity index is 2.03. The van der Waals surface area contributed by atoms with Crippen molar-refractivity contribution in [1.29, 1.82) is 0 Å². The van der Waals surface area contributed by atoms with E-state index >= 15 is 0 Å². The van der Waals surface area contributed by atoms with Crippen molar-refractivity contribution in [2.75, 3.05) is 13.1 Å². The maximum atomic E-state index is 12.8. The number of rotatable bonds is 1. The minimum Gasteiger partial charge on any atom is -0.316 e. The first kappa shape index (κ1) is 11.4. The zero-order chi connectivity index (χ0) is 12.3. The Morgan fingerprint density at radius 2 is 2.12 bits per heavy atom. The van der Waals surface area contributed by atoms with Gasteiger partial charge in [0.25, 0.3) is 0 Å². The summed E-state index contributed by atoms with van der Waals surface area (Å²) in [5, 5.41) is 3.00. The van der Waals surface area contributed by atoms with Gasteiger partial charge in [-0.3, -0.25) is 0 Å². The van der Waals surface area contributed by atoms with Crippen molar-refractivity contribution in [1.82, 2.24) is 5.32 Å². The molecule has 1 nitrogen and oxygen atoms in total. The van der Waals surface area contributed by atoms with Gasteiger partial charge in [-0.25, -0.2) is 0 Å². The zero-order valence-corrected chi connectivity index (χ0v) is 9.70. The van der Waals surface area contributed by atoms with E-state index < -0.39 is 11.7 Å². The van der Waals surface area contributed by atoms with Crippen molar-refractivity contribution in [3.8, 4) is 0 Å². The minimum atomic E-state index is -4.37. The maximum absolute atomic E-state index is 12.8. The molecule has 5 heteroatoms. The van der Waals surface area contributed by atoms with Gasteiger partial charge in [0.2, 0.25) is 0 Å². The lowest BCUT2D eigenvalue weighted by molar-refractivity contribution is -0.137. The van der Waals surface area contributed by atoms with E-state index in [0.29, 0.717) is 5.92 Å². The molecular weight excluding hydrogens is 251 g/mol. The standard InChI is InChI=1S/C12H11ClF3N/c13-10-2-1-7(3-9(10)12(14,15)16)11-4-8(11)5-17-6-11/h1-3,8,17H,4-6H2/t8-,11+/m0/s1. The van der Waals surface area contributed by atoms with Gasteiger partial charge in [-0.1, -0.05) is 17.7 Å². The summed E-state index contributed by atoms with van der Waals surface area (Å²) in [6.45, 7) is 1.68. The number of hydrogen-bond acceptors (Lipinski definition) is 1. The highest BCUT2D eigenvalue weighted by molar-refractivity contribution is 6.31. The lowest BCUT2D eigenvalue weighted by Gasteiger charge is -2.16. The van der Waals surface area contributed by atoms with Crippen LogP contribution in [-0.2, 0) is 11.6 Å². The SMILES string of the molecule is FC(F)(F)c1cc([C@@]23CNC[C@@H]2C3)ccc1Cl. The van der Waals surface area contributed by atoms with Gasteiger partial charge in [0.05, 0.1) is 10.6 Å². The van der Waals surface area contributed by atoms with Crippen molar-refractivity contribution >= 4 is 11.6 Å². The molecule has 0 bridgehead atoms. The normalized spacial score (nSPS) is 31.4. The molecule has 0 amide bonds. The smallest absolute Gasteiger partial charge is 0.316 e. The molecule has 0 unspecified atom stereocenters. The topological polar surface area (TPSA) is 12.0 Å². The van der Waals surface area contributed by atoms with E-state index in [1.165, 1.54) is 12.1 Å². The lowest BCUT2D eigenvalue weighted by Crippen LogP contribution is -2.20. The fourth-order valence-electron chi connectivity index (χ4n) is 2.84. The summed E-state index contributed by atoms with van der Waals surface area (Å²) < 4.78 is 38.3. The molecule has 1 aliphatic carbocycles. The second-order valence-corrected chi connectivity index (χ2v) is 5.29. The average Bonchev–Trinajstić information content (AvgIpc) is 2.80. The summed E-state index contributed by atoms with van der Waals surface area (Å²) in [5.74, 6) is 0.491. The van der Waals surface area contributed by atoms with Gasteiger partial charge < -0.3 is 5.32 Å². The fraction of sp³-hybridized carbons (Fsp3) is 0.500. The lowest BCUT2D eigenvalue weighted by atomic mass is 9.93. The van der Waals surface area contributed by atoms with E-state index in [9.17, 15) is 13.2 Å². The van der Waals surface area contributed by atoms with Crippen LogP contribution in [0.4, 0.5) is 13.2 Å². The molecule has 0 radical (unpaired) electrons. The minimum absolute atomic E-state index is 0.0649. The van der Waals surface area contributed by atoms with Gasteiger partial charge in [-0.15, -0.1) is 0 Å². The van der Waals surface area contributed by atoms with Crippen LogP contribution in [0.3, 0.4) is 0 Å². The number of alkyl halides is 3. The summed E-state index contributed by atoms with van der Waals surface area (Å²) in [7, 11) is 0. The molecule has 1 heterocycles. The van der Waals surface area contributed by atoms with Gasteiger partial charge in [-0.2, -0.15) is 13.2 Å². The molecule has 1 aliphatic heterocycles. The van der Waals surface area contributed by atoms with E-state index in [2.05, 4.69) is 5.32 Å². The fourth-order valence-corrected chi connectivity index (χ4v) is 3.07. The molecule has 0 aromatic heterocycles. The van der Waals surface area contributed by atoms with Crippen LogP contribution in [0.5, 0.6) is 0 Å². The van der Waals surface area contributed by atoms with E-state index in [4.69, 9.17) is 11.6 Å². The van der Waals surface area contributed by atoms with Crippen LogP contribution in [0.25, 0.3) is 0 Å². The van der Waals surface area contributed by atoms with Crippen molar-refractivity contribution in [3.63, 3.8) is 0 Å². The predicted molar refractivity (Wildman–Crippen MR) is 59.1 cm³/mol. The van der Waals surface area contributed by atoms with Gasteiger partial charge >= 0.3 is 6.18 Å². The summed E-state index contributed by atoms with van der Waals surface area (Å²) in [5.41, 5.74) is -0.0160. The van der Waals surface area contributed by atoms with Gasteiger partial charge in [0.1, 0.15) is 0 Å². The van der Waals surface area contributed by atoms with E-state index in [1.807, 2.05) is 0 Å². The summed E-state index contributed by atoms with van der Waals surface area (Å²) in [6, 6.07) is 4.31. The monoisotopic (exact) mass is 261 g/mol. The number of halogens is 4. The first-order valence-corrected chi connectivity index (χ1v) is 5.89. The van der Waals surface area contributed by atoms with E-state index in [-0.39, 0.29) is 10.4 Å². The number of fused-ring (bicyclic) bond motifs is 1. The second-order valence-electron chi connectivity index (χ2n) is 4.88. The summed E-state index contributed by atoms with van der Waals surface area (Å²) in [4.78, 5) is 0. The molecule has 2 aliphatic rings. The molecule has 1 aromatic carbocycles. The molecule has 92 valence electrons. The number of benzene rings is 1. The molecule has 2 atom stereocenters. The van der Waals surface area contributed by atoms with Crippen molar-refractivity contribution in [2.45, 2.75) is 18.0 Å². The van der Waals surface area contributed by atoms with Gasteiger partial charge in [0.15, 0.2) is 0 Å². The van der Waals surface area contributed by atoms with Crippen molar-refractivity contribution in [2.24, 2.45) is 5.92 Å². The third-order valence-corrected chi connectivity index (χ3v) is 4.24. The Kier molecular flexibility index (Phi) is 2.26. The Morgan fingerprint density at radius 3 is 2.65 bits per heavy atom. The largest absolute Gasteiger partial charge is 0.417 e. The Bertz CT molecular complexity index is 471. The highest BCUT2D eigenvalue weighted by atomic mass is 35.5. The molecule has 2 fully saturated rings. The molecule has 1 N–H and O–H groups in total. The highest BCUT2D eigenvalue weighted by Gasteiger charge is 2.58. The summed E-state index contributed by atoms with van der Waals surface area (Å²) in [6.07, 6.45) is -3.39. The number of hydrogen-bond donors (Lipinski definition) is 1. The zero-order valence-electron chi connectivity index (χ0n) is 8.94. The third-order valence-electron chi connectivity index (χ3n) is 3.91. The quantitative estimate of drug-likeness (QED) is 0.819. The van der Waals surface area contributed by atoms with Crippen LogP contribution in [0.1, 0.15) is 17.5 Å². The molecular formula is C12H11ClF3N. The summed E-state index contributed by atoms with van der Waals surface area (Å²) >= 11 is 5.61. The van der Waals surface area contributed by atoms with Crippen LogP contribution in [-0.4, -0.2) is 13.1 Å². The van der Waals surface area contributed by atoms with Crippen LogP contribution in [0.15, 0.2) is 18.2 Å². The van der Waals surface area contributed by atoms with Gasteiger partial charge in [0, 0.05) is 12.0 Å². The Morgan fingerprint density at radius 1 is 1.35 bits per heavy atom. The van der Waals surface area contributed by atoms with Crippen LogP contribution < -0.4 is 5.32 Å². The van der Waals surface area contributed by atoms with Crippen LogP contribution in [0.2, 0.25) is 5.02 Å². The van der Waals surface area contributed by atoms with Gasteiger partial charge in [-0.05, 0) is 36.6 Å². The Labute approximate surface area is 102 Å². The van der Waals surface area contributed by atoms with Crippen molar-refractivity contribution in [3.05, 3.63) is 34.3 Å². The average molecular weight is 262 g/mol. The molecule has 0 spiro atoms. The van der Waals surface area contributed by atoms with Crippen LogP contribution >= 0.6 is 11.6 Å². The van der Waals surface area contributed by atoms with E-state index in [1.54, 1.807) is 6.07 Å². The van der Waals surface area contributed by atoms with Crippen LogP contribution in [0, 0.1) is 5.92 Å². The number of piperidine rings is 1. The predicted octanol–water partition coefficient (Wildman–Crippen LogP) is 3.22. The second kappa shape index (κ2) is 3.39. The molecule has 17 heavy (non-hydrogen) atoms. The highest BCUT2D eigenvalue weighted by Crippen LogP contribution is 2.57. The van der Waals surface area contributed by atoms with Crippen molar-refractivity contribution < 1.29 is 13.2 Å². The third kappa shape index (κ3) is 1.66. The molecule has 1 saturated carbocycles. The maximum Gasteiger partial charge on any atom is 0.417 e. The first-order valence-electron chi connectivity index (χ1n) is 5.51. The first-order chi connectivity index (χ1) is 7.93. The molecule has 3 rings (SSSR count). The van der Waals surface area contributed by atoms with E-state index in [0.717, 1.165) is 25.1 Å². The molecule has 1 aromatic rings. The Hall–Kier alpha value is -0.740.